The number of nitrogens with one attached hydrogen (secondary N) is 1. The van der Waals surface area contributed by atoms with E-state index in [0.29, 0.717) is 25.5 Å². The van der Waals surface area contributed by atoms with Crippen molar-refractivity contribution < 1.29 is 9.82 Å². The van der Waals surface area contributed by atoms with Crippen molar-refractivity contribution in [2.24, 2.45) is 16.8 Å². The molecule has 0 spiro atoms. The quantitative estimate of drug-likeness (QED) is 0.770. The highest BCUT2D eigenvalue weighted by Crippen LogP contribution is 2.30. The summed E-state index contributed by atoms with van der Waals surface area (Å²) in [6.45, 7) is 2.76. The van der Waals surface area contributed by atoms with Crippen molar-refractivity contribution in [3.63, 3.8) is 0 Å². The molecule has 4 heterocycles. The van der Waals surface area contributed by atoms with Crippen molar-refractivity contribution >= 4 is 35.0 Å². The molecule has 2 aliphatic heterocycles. The van der Waals surface area contributed by atoms with Gasteiger partial charge in [-0.15, -0.1) is 0 Å². The third-order valence-corrected chi connectivity index (χ3v) is 5.56. The predicted molar refractivity (Wildman–Crippen MR) is 99.2 cm³/mol. The first-order valence-electron chi connectivity index (χ1n) is 8.93. The lowest BCUT2D eigenvalue weighted by molar-refractivity contribution is -0.132. The SMILES string of the molecule is C[C@@H]1CCN(C(=O)CC#N)C[C@@H]1C1=NCB(O)c2cnc3[nH]ccc3c21. The van der Waals surface area contributed by atoms with Gasteiger partial charge in [0.25, 0.3) is 0 Å². The molecule has 2 aliphatic rings. The van der Waals surface area contributed by atoms with Gasteiger partial charge in [0.15, 0.2) is 0 Å². The van der Waals surface area contributed by atoms with E-state index in [2.05, 4.69) is 16.9 Å². The first kappa shape index (κ1) is 16.8. The second-order valence-corrected chi connectivity index (χ2v) is 7.12. The van der Waals surface area contributed by atoms with Crippen LogP contribution in [0.5, 0.6) is 0 Å². The molecule has 0 aromatic carbocycles. The first-order chi connectivity index (χ1) is 12.6. The second kappa shape index (κ2) is 6.58. The first-order valence-corrected chi connectivity index (χ1v) is 8.93. The summed E-state index contributed by atoms with van der Waals surface area (Å²) >= 11 is 0. The summed E-state index contributed by atoms with van der Waals surface area (Å²) < 4.78 is 0. The lowest BCUT2D eigenvalue weighted by Gasteiger charge is -2.39. The highest BCUT2D eigenvalue weighted by Gasteiger charge is 2.37. The lowest BCUT2D eigenvalue weighted by atomic mass is 9.57. The Morgan fingerprint density at radius 1 is 1.58 bits per heavy atom. The molecule has 2 aromatic heterocycles. The van der Waals surface area contributed by atoms with Crippen molar-refractivity contribution in [2.75, 3.05) is 19.5 Å². The van der Waals surface area contributed by atoms with Gasteiger partial charge in [0, 0.05) is 48.1 Å². The zero-order valence-corrected chi connectivity index (χ0v) is 14.6. The number of aromatic nitrogens is 2. The molecule has 2 N–H and O–H groups in total. The molecule has 1 saturated heterocycles. The number of rotatable bonds is 2. The Balaban J connectivity index is 1.75. The molecule has 2 aromatic rings. The molecular weight excluding hydrogens is 329 g/mol. The van der Waals surface area contributed by atoms with Crippen LogP contribution < -0.4 is 5.46 Å². The number of pyridine rings is 1. The van der Waals surface area contributed by atoms with Crippen molar-refractivity contribution in [3.8, 4) is 6.07 Å². The van der Waals surface area contributed by atoms with Crippen LogP contribution in [0.3, 0.4) is 0 Å². The fourth-order valence-corrected chi connectivity index (χ4v) is 4.06. The van der Waals surface area contributed by atoms with E-state index in [9.17, 15) is 9.82 Å². The number of piperidine rings is 1. The van der Waals surface area contributed by atoms with Crippen LogP contribution in [-0.4, -0.2) is 58.0 Å². The van der Waals surface area contributed by atoms with Crippen LogP contribution in [0.4, 0.5) is 0 Å². The maximum Gasteiger partial charge on any atom is 0.348 e. The summed E-state index contributed by atoms with van der Waals surface area (Å²) in [7, 11) is 0. The standard InChI is InChI=1S/C18H20BN5O2/c1-11-4-7-24(15(25)2-5-20)9-13(11)17-16-12-3-6-21-18(12)22-8-14(16)19(26)10-23-17/h3,6,8,11,13,26H,2,4,7,9-10H2,1H3,(H,21,22)/t11-,13+/m1/s1. The van der Waals surface area contributed by atoms with E-state index >= 15 is 0 Å². The van der Waals surface area contributed by atoms with E-state index < -0.39 is 6.92 Å². The Kier molecular flexibility index (Phi) is 4.25. The molecule has 2 atom stereocenters. The minimum atomic E-state index is -0.657. The van der Waals surface area contributed by atoms with Gasteiger partial charge in [-0.3, -0.25) is 9.79 Å². The van der Waals surface area contributed by atoms with Crippen molar-refractivity contribution in [1.82, 2.24) is 14.9 Å². The molecule has 4 rings (SSSR count). The van der Waals surface area contributed by atoms with E-state index in [0.717, 1.165) is 34.2 Å². The van der Waals surface area contributed by atoms with Gasteiger partial charge in [-0.05, 0) is 23.9 Å². The minimum Gasteiger partial charge on any atom is -0.445 e. The molecular formula is C18H20BN5O2. The molecule has 7 nitrogen and oxygen atoms in total. The summed E-state index contributed by atoms with van der Waals surface area (Å²) in [5.41, 5.74) is 3.46. The van der Waals surface area contributed by atoms with Crippen LogP contribution in [0.1, 0.15) is 25.3 Å². The monoisotopic (exact) mass is 349 g/mol. The molecule has 8 heteroatoms. The zero-order chi connectivity index (χ0) is 18.3. The topological polar surface area (TPSA) is 105 Å². The summed E-state index contributed by atoms with van der Waals surface area (Å²) in [6.07, 6.45) is 4.66. The molecule has 0 saturated carbocycles. The molecule has 132 valence electrons. The summed E-state index contributed by atoms with van der Waals surface area (Å²) in [6, 6.07) is 3.90. The molecule has 0 aliphatic carbocycles. The Morgan fingerprint density at radius 3 is 3.23 bits per heavy atom. The van der Waals surface area contributed by atoms with Crippen molar-refractivity contribution in [1.29, 1.82) is 5.26 Å². The number of amides is 1. The fourth-order valence-electron chi connectivity index (χ4n) is 4.06. The summed E-state index contributed by atoms with van der Waals surface area (Å²) in [4.78, 5) is 26.2. The van der Waals surface area contributed by atoms with Crippen molar-refractivity contribution in [3.05, 3.63) is 24.0 Å². The number of H-pyrrole nitrogens is 1. The normalized spacial score (nSPS) is 22.7. The minimum absolute atomic E-state index is 0.0816. The molecule has 1 fully saturated rings. The van der Waals surface area contributed by atoms with Crippen LogP contribution in [0.25, 0.3) is 11.0 Å². The van der Waals surface area contributed by atoms with Gasteiger partial charge in [0.1, 0.15) is 12.1 Å². The van der Waals surface area contributed by atoms with Gasteiger partial charge in [0.2, 0.25) is 5.91 Å². The maximum atomic E-state index is 12.2. The van der Waals surface area contributed by atoms with Crippen molar-refractivity contribution in [2.45, 2.75) is 19.8 Å². The molecule has 0 bridgehead atoms. The van der Waals surface area contributed by atoms with E-state index in [-0.39, 0.29) is 18.2 Å². The second-order valence-electron chi connectivity index (χ2n) is 7.12. The highest BCUT2D eigenvalue weighted by atomic mass is 16.2. The fraction of sp³-hybridized carbons (Fsp3) is 0.444. The smallest absolute Gasteiger partial charge is 0.348 e. The van der Waals surface area contributed by atoms with Gasteiger partial charge >= 0.3 is 6.92 Å². The van der Waals surface area contributed by atoms with Gasteiger partial charge in [0.05, 0.1) is 12.5 Å². The molecule has 0 unspecified atom stereocenters. The number of hydrogen-bond donors (Lipinski definition) is 2. The average molecular weight is 349 g/mol. The van der Waals surface area contributed by atoms with E-state index in [1.807, 2.05) is 18.3 Å². The van der Waals surface area contributed by atoms with Crippen LogP contribution in [0.2, 0.25) is 0 Å². The average Bonchev–Trinajstić information content (AvgIpc) is 3.12. The number of likely N-dealkylation sites (tertiary alicyclic amines) is 1. The zero-order valence-electron chi connectivity index (χ0n) is 14.6. The number of fused-ring (bicyclic) bond motifs is 3. The van der Waals surface area contributed by atoms with Crippen LogP contribution >= 0.6 is 0 Å². The van der Waals surface area contributed by atoms with Gasteiger partial charge in [-0.25, -0.2) is 4.98 Å². The molecule has 1 amide bonds. The number of carbonyl (C=O) groups excluding carboxylic acids is 1. The Hall–Kier alpha value is -2.66. The van der Waals surface area contributed by atoms with Gasteiger partial charge < -0.3 is 14.9 Å². The third kappa shape index (κ3) is 2.69. The maximum absolute atomic E-state index is 12.2. The van der Waals surface area contributed by atoms with Crippen LogP contribution in [0.15, 0.2) is 23.5 Å². The van der Waals surface area contributed by atoms with E-state index in [4.69, 9.17) is 10.3 Å². The van der Waals surface area contributed by atoms with Crippen LogP contribution in [0, 0.1) is 23.2 Å². The third-order valence-electron chi connectivity index (χ3n) is 5.56. The Bertz CT molecular complexity index is 931. The van der Waals surface area contributed by atoms with Gasteiger partial charge in [-0.2, -0.15) is 5.26 Å². The Morgan fingerprint density at radius 2 is 2.42 bits per heavy atom. The highest BCUT2D eigenvalue weighted by molar-refractivity contribution is 6.69. The lowest BCUT2D eigenvalue weighted by Crippen LogP contribution is -2.50. The largest absolute Gasteiger partial charge is 0.445 e. The number of aromatic amines is 1. The molecule has 26 heavy (non-hydrogen) atoms. The number of nitriles is 1. The predicted octanol–water partition coefficient (Wildman–Crippen LogP) is 0.494. The van der Waals surface area contributed by atoms with Crippen LogP contribution in [-0.2, 0) is 4.79 Å². The molecule has 0 radical (unpaired) electrons. The summed E-state index contributed by atoms with van der Waals surface area (Å²) in [5.74, 6) is 0.325. The number of nitrogens with zero attached hydrogens (tertiary/aromatic N) is 4. The number of aliphatic imine (C=N–C) groups is 1. The van der Waals surface area contributed by atoms with E-state index in [1.165, 1.54) is 0 Å². The number of hydrogen-bond acceptors (Lipinski definition) is 5. The Labute approximate surface area is 151 Å². The number of carbonyl (C=O) groups is 1. The van der Waals surface area contributed by atoms with Gasteiger partial charge in [-0.1, -0.05) is 6.92 Å². The summed E-state index contributed by atoms with van der Waals surface area (Å²) in [5, 5.41) is 20.2. The van der Waals surface area contributed by atoms with E-state index in [1.54, 1.807) is 11.1 Å².